The summed E-state index contributed by atoms with van der Waals surface area (Å²) in [7, 11) is 2.09. The number of rotatable bonds is 4. The first-order valence-electron chi connectivity index (χ1n) is 7.93. The molecule has 4 rings (SSSR count). The second kappa shape index (κ2) is 5.53. The van der Waals surface area contributed by atoms with E-state index in [1.54, 1.807) is 30.3 Å². The molecule has 124 valence electrons. The van der Waals surface area contributed by atoms with Crippen molar-refractivity contribution in [2.75, 3.05) is 12.4 Å². The van der Waals surface area contributed by atoms with Crippen molar-refractivity contribution in [2.24, 2.45) is 0 Å². The number of hydrogen-bond donors (Lipinski definition) is 0. The third-order valence-corrected chi connectivity index (χ3v) is 6.16. The number of nitrogens with zero attached hydrogens (tertiary/aromatic N) is 1. The molecular formula is C17H19BrFNO3. The van der Waals surface area contributed by atoms with Crippen LogP contribution in [-0.4, -0.2) is 53.6 Å². The lowest BCUT2D eigenvalue weighted by atomic mass is 9.96. The Balaban J connectivity index is 1.47. The molecule has 6 atom stereocenters. The number of benzene rings is 1. The highest BCUT2D eigenvalue weighted by Crippen LogP contribution is 2.48. The average Bonchev–Trinajstić information content (AvgIpc) is 3.33. The van der Waals surface area contributed by atoms with E-state index in [0.29, 0.717) is 18.4 Å². The monoisotopic (exact) mass is 383 g/mol. The van der Waals surface area contributed by atoms with Crippen molar-refractivity contribution in [2.45, 2.75) is 48.9 Å². The number of likely N-dealkylation sites (N-methyl/N-ethyl adjacent to an activating group) is 1. The van der Waals surface area contributed by atoms with Crippen molar-refractivity contribution in [3.05, 3.63) is 35.9 Å². The van der Waals surface area contributed by atoms with Gasteiger partial charge in [0, 0.05) is 30.5 Å². The lowest BCUT2D eigenvalue weighted by molar-refractivity contribution is -0.167. The predicted molar refractivity (Wildman–Crippen MR) is 86.1 cm³/mol. The number of morpholine rings is 1. The Labute approximate surface area is 143 Å². The van der Waals surface area contributed by atoms with Gasteiger partial charge in [-0.15, -0.1) is 0 Å². The molecule has 0 saturated carbocycles. The van der Waals surface area contributed by atoms with Gasteiger partial charge in [0.2, 0.25) is 5.67 Å². The first-order chi connectivity index (χ1) is 11.0. The molecular weight excluding hydrogens is 365 g/mol. The van der Waals surface area contributed by atoms with Crippen LogP contribution in [0.5, 0.6) is 0 Å². The maximum atomic E-state index is 15.2. The number of carbonyl (C=O) groups excluding carboxylic acids is 1. The lowest BCUT2D eigenvalue weighted by Gasteiger charge is -2.38. The van der Waals surface area contributed by atoms with Crippen molar-refractivity contribution >= 4 is 21.9 Å². The number of epoxide rings is 1. The Bertz CT molecular complexity index is 597. The Kier molecular flexibility index (Phi) is 3.74. The highest BCUT2D eigenvalue weighted by Gasteiger charge is 2.63. The number of esters is 1. The minimum atomic E-state index is -2.15. The molecule has 3 saturated heterocycles. The van der Waals surface area contributed by atoms with Crippen LogP contribution >= 0.6 is 15.9 Å². The molecule has 6 heteroatoms. The van der Waals surface area contributed by atoms with Gasteiger partial charge >= 0.3 is 5.97 Å². The average molecular weight is 384 g/mol. The van der Waals surface area contributed by atoms with E-state index < -0.39 is 11.6 Å². The summed E-state index contributed by atoms with van der Waals surface area (Å²) in [4.78, 5) is 14.8. The van der Waals surface area contributed by atoms with E-state index in [0.717, 1.165) is 0 Å². The van der Waals surface area contributed by atoms with Crippen LogP contribution in [0.4, 0.5) is 4.39 Å². The molecule has 4 nitrogen and oxygen atoms in total. The van der Waals surface area contributed by atoms with Gasteiger partial charge in [-0.3, -0.25) is 4.90 Å². The van der Waals surface area contributed by atoms with Crippen LogP contribution in [0.25, 0.3) is 0 Å². The first-order valence-corrected chi connectivity index (χ1v) is 9.05. The van der Waals surface area contributed by atoms with Crippen molar-refractivity contribution < 1.29 is 18.7 Å². The number of halogens is 2. The van der Waals surface area contributed by atoms with Crippen molar-refractivity contribution in [1.29, 1.82) is 0 Å². The molecule has 3 aliphatic rings. The molecule has 3 aliphatic heterocycles. The van der Waals surface area contributed by atoms with Crippen LogP contribution in [0.3, 0.4) is 0 Å². The summed E-state index contributed by atoms with van der Waals surface area (Å²) in [5.74, 6) is -0.802. The molecule has 1 aromatic rings. The van der Waals surface area contributed by atoms with E-state index in [9.17, 15) is 4.79 Å². The number of hydrogen-bond acceptors (Lipinski definition) is 4. The second-order valence-corrected chi connectivity index (χ2v) is 7.23. The molecule has 3 heterocycles. The van der Waals surface area contributed by atoms with Crippen LogP contribution in [-0.2, 0) is 19.9 Å². The van der Waals surface area contributed by atoms with Crippen LogP contribution in [0.2, 0.25) is 0 Å². The highest BCUT2D eigenvalue weighted by molar-refractivity contribution is 9.09. The summed E-state index contributed by atoms with van der Waals surface area (Å²) in [6.07, 6.45) is 1.74. The van der Waals surface area contributed by atoms with E-state index in [1.807, 2.05) is 0 Å². The van der Waals surface area contributed by atoms with Crippen LogP contribution in [0, 0.1) is 0 Å². The number of piperidine rings is 1. The van der Waals surface area contributed by atoms with Gasteiger partial charge in [0.15, 0.2) is 0 Å². The van der Waals surface area contributed by atoms with Crippen molar-refractivity contribution in [1.82, 2.24) is 4.90 Å². The molecule has 0 aliphatic carbocycles. The standard InChI is InChI=1S/C17H19BrFNO3/c1-20-12-7-11(8-13(20)15-14(12)23-15)22-16(21)17(19,9-18)10-5-3-2-4-6-10/h2-6,11-15H,7-9H2,1H3/t11?,12-,13+,14-,15+,17?. The first kappa shape index (κ1) is 15.5. The zero-order chi connectivity index (χ0) is 16.2. The van der Waals surface area contributed by atoms with Gasteiger partial charge in [-0.1, -0.05) is 46.3 Å². The van der Waals surface area contributed by atoms with E-state index in [-0.39, 0.29) is 35.7 Å². The molecule has 23 heavy (non-hydrogen) atoms. The highest BCUT2D eigenvalue weighted by atomic mass is 79.9. The number of ether oxygens (including phenoxy) is 2. The second-order valence-electron chi connectivity index (χ2n) is 6.67. The Morgan fingerprint density at radius 2 is 1.96 bits per heavy atom. The zero-order valence-corrected chi connectivity index (χ0v) is 14.4. The molecule has 2 unspecified atom stereocenters. The van der Waals surface area contributed by atoms with Crippen molar-refractivity contribution in [3.63, 3.8) is 0 Å². The summed E-state index contributed by atoms with van der Waals surface area (Å²) in [5.41, 5.74) is -1.83. The van der Waals surface area contributed by atoms with Gasteiger partial charge in [0.1, 0.15) is 18.3 Å². The summed E-state index contributed by atoms with van der Waals surface area (Å²) in [5, 5.41) is -0.114. The summed E-state index contributed by atoms with van der Waals surface area (Å²) < 4.78 is 26.4. The van der Waals surface area contributed by atoms with Gasteiger partial charge < -0.3 is 9.47 Å². The number of alkyl halides is 2. The maximum Gasteiger partial charge on any atom is 0.349 e. The van der Waals surface area contributed by atoms with Gasteiger partial charge in [0.25, 0.3) is 0 Å². The fraction of sp³-hybridized carbons (Fsp3) is 0.588. The predicted octanol–water partition coefficient (Wildman–Crippen LogP) is 2.40. The summed E-state index contributed by atoms with van der Waals surface area (Å²) in [6.45, 7) is 0. The molecule has 0 radical (unpaired) electrons. The molecule has 2 bridgehead atoms. The maximum absolute atomic E-state index is 15.2. The van der Waals surface area contributed by atoms with E-state index in [1.165, 1.54) is 0 Å². The fourth-order valence-electron chi connectivity index (χ4n) is 3.99. The Hall–Kier alpha value is -0.980. The van der Waals surface area contributed by atoms with Gasteiger partial charge in [-0.05, 0) is 7.05 Å². The van der Waals surface area contributed by atoms with E-state index in [2.05, 4.69) is 27.9 Å². The van der Waals surface area contributed by atoms with E-state index in [4.69, 9.17) is 9.47 Å². The molecule has 3 fully saturated rings. The zero-order valence-electron chi connectivity index (χ0n) is 12.8. The smallest absolute Gasteiger partial charge is 0.349 e. The molecule has 0 N–H and O–H groups in total. The molecule has 0 aromatic heterocycles. The molecule has 1 aromatic carbocycles. The minimum Gasteiger partial charge on any atom is -0.460 e. The third kappa shape index (κ3) is 2.42. The van der Waals surface area contributed by atoms with E-state index >= 15 is 4.39 Å². The van der Waals surface area contributed by atoms with Crippen LogP contribution < -0.4 is 0 Å². The van der Waals surface area contributed by atoms with Crippen LogP contribution in [0.1, 0.15) is 18.4 Å². The molecule has 0 spiro atoms. The number of carbonyl (C=O) groups is 1. The number of fused-ring (bicyclic) bond motifs is 5. The summed E-state index contributed by atoms with van der Waals surface area (Å²) >= 11 is 3.13. The summed E-state index contributed by atoms with van der Waals surface area (Å²) in [6, 6.07) is 9.04. The SMILES string of the molecule is CN1[C@@H]2CC(OC(=O)C(F)(CBr)c3ccccc3)C[C@H]1[C@@H]1O[C@@H]12. The minimum absolute atomic E-state index is 0.114. The Morgan fingerprint density at radius 1 is 1.35 bits per heavy atom. The fourth-order valence-corrected chi connectivity index (χ4v) is 4.55. The largest absolute Gasteiger partial charge is 0.460 e. The van der Waals surface area contributed by atoms with Crippen LogP contribution in [0.15, 0.2) is 30.3 Å². The van der Waals surface area contributed by atoms with Crippen molar-refractivity contribution in [3.8, 4) is 0 Å². The lowest BCUT2D eigenvalue weighted by Crippen LogP contribution is -2.49. The molecule has 0 amide bonds. The normalized spacial score (nSPS) is 37.8. The Morgan fingerprint density at radius 3 is 2.52 bits per heavy atom. The van der Waals surface area contributed by atoms with Gasteiger partial charge in [-0.25, -0.2) is 9.18 Å². The van der Waals surface area contributed by atoms with Gasteiger partial charge in [0.05, 0.1) is 5.33 Å². The van der Waals surface area contributed by atoms with Gasteiger partial charge in [-0.2, -0.15) is 0 Å². The quantitative estimate of drug-likeness (QED) is 0.454. The third-order valence-electron chi connectivity index (χ3n) is 5.39. The topological polar surface area (TPSA) is 42.1 Å².